The Balaban J connectivity index is -0.000000403. The number of aromatic nitrogens is 1. The minimum Gasteiger partial charge on any atom is -0.269 e. The number of rotatable bonds is 3. The van der Waals surface area contributed by atoms with E-state index in [-0.39, 0.29) is 14.1 Å². The Morgan fingerprint density at radius 2 is 1.86 bits per heavy atom. The number of hydrogen-bond donors (Lipinski definition) is 0. The molecule has 0 atom stereocenters. The summed E-state index contributed by atoms with van der Waals surface area (Å²) in [4.78, 5) is 0. The van der Waals surface area contributed by atoms with Crippen LogP contribution < -0.4 is 4.57 Å². The van der Waals surface area contributed by atoms with Crippen molar-refractivity contribution in [1.82, 2.24) is 0 Å². The molecule has 0 spiro atoms. The molecule has 4 heteroatoms. The molecule has 1 aromatic heterocycles. The van der Waals surface area contributed by atoms with Crippen LogP contribution in [0.3, 0.4) is 0 Å². The third kappa shape index (κ3) is 6.46. The average molecular weight is 210 g/mol. The highest BCUT2D eigenvalue weighted by molar-refractivity contribution is 5.01. The second-order valence-electron chi connectivity index (χ2n) is 2.97. The molecule has 0 fully saturated rings. The Morgan fingerprint density at radius 3 is 2.36 bits per heavy atom. The van der Waals surface area contributed by atoms with Crippen LogP contribution in [0.1, 0.15) is 25.3 Å². The molecule has 0 saturated heterocycles. The van der Waals surface area contributed by atoms with E-state index in [4.69, 9.17) is 0 Å². The van der Waals surface area contributed by atoms with Crippen molar-refractivity contribution >= 4 is 0 Å². The van der Waals surface area contributed by atoms with Crippen LogP contribution in [0.5, 0.6) is 0 Å². The Morgan fingerprint density at radius 1 is 1.21 bits per heavy atom. The standard InChI is InChI=1S/C10H16N.3FH/c1-3-4-7-11-8-5-6-10(2)9-11;;;/h5-6,8-9H,3-4,7H2,1-2H3;3*1H/q+1;;;. The Labute approximate surface area is 82.9 Å². The van der Waals surface area contributed by atoms with Crippen molar-refractivity contribution in [3.8, 4) is 0 Å². The number of hydrogen-bond acceptors (Lipinski definition) is 0. The summed E-state index contributed by atoms with van der Waals surface area (Å²) in [6, 6.07) is 4.23. The molecule has 1 rings (SSSR count). The summed E-state index contributed by atoms with van der Waals surface area (Å²) in [5.74, 6) is 0. The molecule has 1 nitrogen and oxygen atoms in total. The molecule has 84 valence electrons. The van der Waals surface area contributed by atoms with Crippen LogP contribution in [0, 0.1) is 6.92 Å². The maximum absolute atomic E-state index is 2.25. The fourth-order valence-corrected chi connectivity index (χ4v) is 1.13. The first-order valence-corrected chi connectivity index (χ1v) is 4.28. The molecule has 0 saturated carbocycles. The van der Waals surface area contributed by atoms with Crippen LogP contribution in [-0.4, -0.2) is 0 Å². The topological polar surface area (TPSA) is 3.88 Å². The summed E-state index contributed by atoms with van der Waals surface area (Å²) >= 11 is 0. The predicted octanol–water partition coefficient (Wildman–Crippen LogP) is 2.54. The first-order valence-electron chi connectivity index (χ1n) is 4.28. The summed E-state index contributed by atoms with van der Waals surface area (Å²) < 4.78 is 2.25. The maximum atomic E-state index is 2.25. The second kappa shape index (κ2) is 10.0. The van der Waals surface area contributed by atoms with Gasteiger partial charge in [0.15, 0.2) is 12.4 Å². The quantitative estimate of drug-likeness (QED) is 0.675. The summed E-state index contributed by atoms with van der Waals surface area (Å²) in [5, 5.41) is 0. The second-order valence-corrected chi connectivity index (χ2v) is 2.97. The fraction of sp³-hybridized carbons (Fsp3) is 0.500. The molecule has 0 aliphatic rings. The third-order valence-corrected chi connectivity index (χ3v) is 1.78. The molecular weight excluding hydrogens is 191 g/mol. The predicted molar refractivity (Wildman–Crippen MR) is 53.8 cm³/mol. The van der Waals surface area contributed by atoms with Gasteiger partial charge in [-0.2, -0.15) is 0 Å². The van der Waals surface area contributed by atoms with Gasteiger partial charge in [-0.3, -0.25) is 14.1 Å². The lowest BCUT2D eigenvalue weighted by Crippen LogP contribution is -2.32. The average Bonchev–Trinajstić information content (AvgIpc) is 2.01. The van der Waals surface area contributed by atoms with Crippen LogP contribution in [0.25, 0.3) is 0 Å². The van der Waals surface area contributed by atoms with Gasteiger partial charge in [-0.25, -0.2) is 4.57 Å². The lowest BCUT2D eigenvalue weighted by Gasteiger charge is -1.94. The van der Waals surface area contributed by atoms with Gasteiger partial charge in [0.25, 0.3) is 0 Å². The van der Waals surface area contributed by atoms with Crippen molar-refractivity contribution in [2.75, 3.05) is 0 Å². The minimum atomic E-state index is 0. The number of pyridine rings is 1. The van der Waals surface area contributed by atoms with E-state index in [9.17, 15) is 0 Å². The number of unbranched alkanes of at least 4 members (excludes halogenated alkanes) is 1. The molecule has 1 heterocycles. The highest BCUT2D eigenvalue weighted by atomic mass is 19.0. The van der Waals surface area contributed by atoms with Gasteiger partial charge in [0.1, 0.15) is 6.54 Å². The van der Waals surface area contributed by atoms with Crippen LogP contribution >= 0.6 is 0 Å². The first kappa shape index (κ1) is 18.7. The number of nitrogens with zero attached hydrogens (tertiary/aromatic N) is 1. The molecule has 0 amide bonds. The minimum absolute atomic E-state index is 0. The summed E-state index contributed by atoms with van der Waals surface area (Å²) in [5.41, 5.74) is 1.34. The van der Waals surface area contributed by atoms with Gasteiger partial charge in [0.05, 0.1) is 0 Å². The van der Waals surface area contributed by atoms with E-state index in [0.717, 1.165) is 6.54 Å². The maximum Gasteiger partial charge on any atom is 0.171 e. The van der Waals surface area contributed by atoms with Gasteiger partial charge < -0.3 is 0 Å². The molecule has 0 N–H and O–H groups in total. The summed E-state index contributed by atoms with van der Waals surface area (Å²) in [6.07, 6.45) is 6.85. The SMILES string of the molecule is CCCC[n+]1cccc(C)c1.F.F.F. The zero-order chi connectivity index (χ0) is 8.10. The monoisotopic (exact) mass is 210 g/mol. The van der Waals surface area contributed by atoms with E-state index in [0.29, 0.717) is 0 Å². The van der Waals surface area contributed by atoms with Crippen molar-refractivity contribution < 1.29 is 18.7 Å². The highest BCUT2D eigenvalue weighted by Crippen LogP contribution is 1.91. The van der Waals surface area contributed by atoms with Gasteiger partial charge in [0, 0.05) is 18.1 Å². The lowest BCUT2D eigenvalue weighted by molar-refractivity contribution is -0.697. The molecule has 1 aromatic rings. The van der Waals surface area contributed by atoms with E-state index in [1.807, 2.05) is 0 Å². The van der Waals surface area contributed by atoms with E-state index in [2.05, 4.69) is 42.9 Å². The molecule has 0 aliphatic carbocycles. The van der Waals surface area contributed by atoms with Gasteiger partial charge in [-0.15, -0.1) is 0 Å². The summed E-state index contributed by atoms with van der Waals surface area (Å²) in [7, 11) is 0. The zero-order valence-electron chi connectivity index (χ0n) is 8.60. The van der Waals surface area contributed by atoms with E-state index in [1.54, 1.807) is 0 Å². The Bertz CT molecular complexity index is 228. The normalized spacial score (nSPS) is 7.86. The molecule has 0 aliphatic heterocycles. The molecular formula is C10H19F3N+. The van der Waals surface area contributed by atoms with Crippen LogP contribution in [-0.2, 0) is 6.54 Å². The van der Waals surface area contributed by atoms with Crippen molar-refractivity contribution in [1.29, 1.82) is 0 Å². The Hall–Kier alpha value is -1.06. The molecule has 0 aromatic carbocycles. The summed E-state index contributed by atoms with van der Waals surface area (Å²) in [6.45, 7) is 5.50. The Kier molecular flexibility index (Phi) is 13.4. The van der Waals surface area contributed by atoms with Gasteiger partial charge in [-0.05, 0) is 13.0 Å². The van der Waals surface area contributed by atoms with Gasteiger partial charge in [0.2, 0.25) is 0 Å². The lowest BCUT2D eigenvalue weighted by atomic mass is 10.3. The van der Waals surface area contributed by atoms with Crippen molar-refractivity contribution in [3.05, 3.63) is 30.1 Å². The third-order valence-electron chi connectivity index (χ3n) is 1.78. The zero-order valence-corrected chi connectivity index (χ0v) is 8.60. The number of aryl methyl sites for hydroxylation is 2. The smallest absolute Gasteiger partial charge is 0.171 e. The van der Waals surface area contributed by atoms with Crippen LogP contribution in [0.4, 0.5) is 14.1 Å². The fourth-order valence-electron chi connectivity index (χ4n) is 1.13. The largest absolute Gasteiger partial charge is 0.269 e. The molecule has 0 unspecified atom stereocenters. The van der Waals surface area contributed by atoms with Crippen molar-refractivity contribution in [2.24, 2.45) is 0 Å². The van der Waals surface area contributed by atoms with Crippen LogP contribution in [0.2, 0.25) is 0 Å². The molecule has 0 radical (unpaired) electrons. The molecule has 14 heavy (non-hydrogen) atoms. The van der Waals surface area contributed by atoms with E-state index in [1.165, 1.54) is 18.4 Å². The van der Waals surface area contributed by atoms with Crippen LogP contribution in [0.15, 0.2) is 24.5 Å². The van der Waals surface area contributed by atoms with Crippen molar-refractivity contribution in [3.63, 3.8) is 0 Å². The number of halogens is 3. The van der Waals surface area contributed by atoms with Gasteiger partial charge in [-0.1, -0.05) is 13.3 Å². The van der Waals surface area contributed by atoms with E-state index < -0.39 is 0 Å². The van der Waals surface area contributed by atoms with Gasteiger partial charge >= 0.3 is 0 Å². The molecule has 0 bridgehead atoms. The first-order chi connectivity index (χ1) is 5.33. The highest BCUT2D eigenvalue weighted by Gasteiger charge is 1.97. The van der Waals surface area contributed by atoms with Crippen molar-refractivity contribution in [2.45, 2.75) is 33.2 Å². The van der Waals surface area contributed by atoms with E-state index >= 15 is 0 Å².